The second-order valence-electron chi connectivity index (χ2n) is 15.3. The fourth-order valence-corrected chi connectivity index (χ4v) is 10.2. The van der Waals surface area contributed by atoms with E-state index in [1.54, 1.807) is 37.3 Å². The van der Waals surface area contributed by atoms with E-state index >= 15 is 0 Å². The number of carbonyl (C=O) groups excluding carboxylic acids is 3. The van der Waals surface area contributed by atoms with E-state index < -0.39 is 63.9 Å². The molecule has 2 aliphatic heterocycles. The van der Waals surface area contributed by atoms with Gasteiger partial charge >= 0.3 is 0 Å². The normalized spacial score (nSPS) is 33.6. The summed E-state index contributed by atoms with van der Waals surface area (Å²) in [6.07, 6.45) is -3.31. The van der Waals surface area contributed by atoms with Crippen molar-refractivity contribution in [2.45, 2.75) is 58.3 Å². The molecule has 0 spiro atoms. The summed E-state index contributed by atoms with van der Waals surface area (Å²) in [5.74, 6) is -5.48. The molecule has 262 valence electrons. The standard InChI is InChI=1S/C38H39NO11/c1-16(2)28-32(42)27(35(39)45)33(43)38(46)34(44)29-31(41)26-21(12-36(29,3)13-37(28,38)4)19(17-5-7-22-24(9-17)49-14-47-22)11-20(30(26)40)18-6-8-23-25(10-18)50-15-48-23/h5-11,16,27-29,32,34,40,42,44,46H,12-15H2,1-4H3,(H2,39,45)/t27-,28+,29-,32?,34?,36-,37-,38+/m1/s1. The van der Waals surface area contributed by atoms with Crippen LogP contribution < -0.4 is 24.7 Å². The summed E-state index contributed by atoms with van der Waals surface area (Å²) in [6, 6.07) is 12.4. The van der Waals surface area contributed by atoms with Crippen molar-refractivity contribution in [3.8, 4) is 51.0 Å². The van der Waals surface area contributed by atoms with Crippen LogP contribution in [0.4, 0.5) is 0 Å². The van der Waals surface area contributed by atoms with Crippen LogP contribution in [-0.2, 0) is 16.0 Å². The Balaban J connectivity index is 1.35. The van der Waals surface area contributed by atoms with E-state index in [1.165, 1.54) is 0 Å². The van der Waals surface area contributed by atoms with Crippen LogP contribution in [0.5, 0.6) is 28.7 Å². The molecule has 6 N–H and O–H groups in total. The van der Waals surface area contributed by atoms with Crippen molar-refractivity contribution in [2.75, 3.05) is 13.6 Å². The number of amides is 1. The largest absolute Gasteiger partial charge is 0.507 e. The topological polar surface area (TPSA) is 195 Å². The lowest BCUT2D eigenvalue weighted by atomic mass is 9.39. The maximum Gasteiger partial charge on any atom is 0.231 e. The lowest BCUT2D eigenvalue weighted by Gasteiger charge is -2.66. The van der Waals surface area contributed by atoms with E-state index in [-0.39, 0.29) is 43.7 Å². The Hall–Kier alpha value is -4.65. The van der Waals surface area contributed by atoms with Gasteiger partial charge in [-0.3, -0.25) is 14.4 Å². The predicted octanol–water partition coefficient (Wildman–Crippen LogP) is 3.36. The molecule has 0 aromatic heterocycles. The van der Waals surface area contributed by atoms with E-state index in [0.717, 1.165) is 0 Å². The maximum atomic E-state index is 15.0. The fraction of sp³-hybridized carbons (Fsp3) is 0.447. The van der Waals surface area contributed by atoms with Gasteiger partial charge in [0, 0.05) is 11.0 Å². The van der Waals surface area contributed by atoms with Crippen molar-refractivity contribution in [3.63, 3.8) is 0 Å². The molecule has 1 amide bonds. The first-order valence-corrected chi connectivity index (χ1v) is 16.8. The molecule has 12 nitrogen and oxygen atoms in total. The van der Waals surface area contributed by atoms with Gasteiger partial charge in [0.1, 0.15) is 17.8 Å². The highest BCUT2D eigenvalue weighted by Crippen LogP contribution is 2.66. The first-order valence-electron chi connectivity index (χ1n) is 16.8. The summed E-state index contributed by atoms with van der Waals surface area (Å²) in [6.45, 7) is 7.18. The number of aromatic hydroxyl groups is 1. The zero-order valence-electron chi connectivity index (χ0n) is 28.1. The van der Waals surface area contributed by atoms with Crippen LogP contribution in [-0.4, -0.2) is 69.3 Å². The van der Waals surface area contributed by atoms with E-state index in [4.69, 9.17) is 24.7 Å². The van der Waals surface area contributed by atoms with Crippen LogP contribution in [0.15, 0.2) is 42.5 Å². The monoisotopic (exact) mass is 685 g/mol. The van der Waals surface area contributed by atoms with Gasteiger partial charge in [0.25, 0.3) is 0 Å². The molecule has 3 aromatic carbocycles. The Labute approximate surface area is 287 Å². The van der Waals surface area contributed by atoms with E-state index in [9.17, 15) is 34.8 Å². The van der Waals surface area contributed by atoms with Crippen molar-refractivity contribution < 1.29 is 53.8 Å². The minimum absolute atomic E-state index is 0.0335. The summed E-state index contributed by atoms with van der Waals surface area (Å²) >= 11 is 0. The number of fused-ring (bicyclic) bond motifs is 5. The Kier molecular flexibility index (Phi) is 6.95. The first-order chi connectivity index (χ1) is 23.6. The molecule has 50 heavy (non-hydrogen) atoms. The molecule has 8 atom stereocenters. The quantitative estimate of drug-likeness (QED) is 0.253. The minimum atomic E-state index is -2.61. The van der Waals surface area contributed by atoms with Crippen molar-refractivity contribution >= 4 is 17.5 Å². The number of aliphatic hydroxyl groups is 3. The second kappa shape index (κ2) is 10.7. The Morgan fingerprint density at radius 1 is 0.880 bits per heavy atom. The van der Waals surface area contributed by atoms with Crippen LogP contribution in [0.2, 0.25) is 0 Å². The number of carbonyl (C=O) groups is 3. The molecule has 2 heterocycles. The zero-order valence-corrected chi connectivity index (χ0v) is 28.1. The average Bonchev–Trinajstić information content (AvgIpc) is 3.71. The number of hydrogen-bond acceptors (Lipinski definition) is 11. The van der Waals surface area contributed by atoms with Gasteiger partial charge in [-0.05, 0) is 82.7 Å². The van der Waals surface area contributed by atoms with Gasteiger partial charge < -0.3 is 45.1 Å². The molecule has 2 fully saturated rings. The van der Waals surface area contributed by atoms with Crippen molar-refractivity contribution in [1.29, 1.82) is 0 Å². The average molecular weight is 686 g/mol. The zero-order chi connectivity index (χ0) is 35.7. The van der Waals surface area contributed by atoms with Crippen LogP contribution in [0, 0.1) is 34.5 Å². The van der Waals surface area contributed by atoms with Crippen LogP contribution >= 0.6 is 0 Å². The molecule has 0 saturated heterocycles. The van der Waals surface area contributed by atoms with Crippen LogP contribution in [0.3, 0.4) is 0 Å². The number of aliphatic hydroxyl groups excluding tert-OH is 2. The van der Waals surface area contributed by atoms with E-state index in [2.05, 4.69) is 0 Å². The van der Waals surface area contributed by atoms with Crippen LogP contribution in [0.1, 0.15) is 50.0 Å². The van der Waals surface area contributed by atoms with E-state index in [0.29, 0.717) is 50.8 Å². The van der Waals surface area contributed by atoms with Gasteiger partial charge in [-0.2, -0.15) is 0 Å². The SMILES string of the molecule is CC(C)[C@H]1C(O)[C@@H](C(N)=O)C(=O)[C@]2(O)C(O)[C@H]3C(=O)c4c(O)c(-c5ccc6c(c5)OCO6)cc(-c5ccc6c(c5)OCO6)c4C[C@]3(C)C[C@]12C. The number of Topliss-reactive ketones (excluding diaryl/α,β-unsaturated/α-hetero) is 2. The Morgan fingerprint density at radius 3 is 2.00 bits per heavy atom. The smallest absolute Gasteiger partial charge is 0.231 e. The lowest BCUT2D eigenvalue weighted by molar-refractivity contribution is -0.265. The highest BCUT2D eigenvalue weighted by atomic mass is 16.7. The van der Waals surface area contributed by atoms with Gasteiger partial charge in [0.15, 0.2) is 40.2 Å². The van der Waals surface area contributed by atoms with Gasteiger partial charge in [-0.1, -0.05) is 39.8 Å². The fourth-order valence-electron chi connectivity index (χ4n) is 10.2. The number of phenolic OH excluding ortho intramolecular Hbond substituents is 1. The summed E-state index contributed by atoms with van der Waals surface area (Å²) in [5, 5.41) is 48.2. The van der Waals surface area contributed by atoms with Crippen LogP contribution in [0.25, 0.3) is 22.3 Å². The highest BCUT2D eigenvalue weighted by molar-refractivity contribution is 6.10. The lowest BCUT2D eigenvalue weighted by Crippen LogP contribution is -2.79. The molecule has 12 heteroatoms. The number of rotatable bonds is 4. The van der Waals surface area contributed by atoms with E-state index in [1.807, 2.05) is 32.9 Å². The van der Waals surface area contributed by atoms with Crippen molar-refractivity contribution in [1.82, 2.24) is 0 Å². The number of benzene rings is 3. The summed E-state index contributed by atoms with van der Waals surface area (Å²) in [4.78, 5) is 41.7. The third kappa shape index (κ3) is 4.12. The number of hydrogen-bond donors (Lipinski definition) is 5. The van der Waals surface area contributed by atoms with Crippen molar-refractivity contribution in [3.05, 3.63) is 53.6 Å². The predicted molar refractivity (Wildman–Crippen MR) is 177 cm³/mol. The molecule has 5 aliphatic rings. The number of ketones is 2. The number of primary amides is 1. The summed E-state index contributed by atoms with van der Waals surface area (Å²) < 4.78 is 22.3. The number of ether oxygens (including phenoxy) is 4. The molecule has 0 bridgehead atoms. The summed E-state index contributed by atoms with van der Waals surface area (Å²) in [7, 11) is 0. The first kappa shape index (κ1) is 32.5. The van der Waals surface area contributed by atoms with Gasteiger partial charge in [-0.15, -0.1) is 0 Å². The molecule has 8 rings (SSSR count). The van der Waals surface area contributed by atoms with Gasteiger partial charge in [0.05, 0.1) is 17.6 Å². The number of nitrogens with two attached hydrogens (primary N) is 1. The molecule has 0 radical (unpaired) electrons. The van der Waals surface area contributed by atoms with Gasteiger partial charge in [-0.25, -0.2) is 0 Å². The van der Waals surface area contributed by atoms with Gasteiger partial charge in [0.2, 0.25) is 19.5 Å². The summed E-state index contributed by atoms with van der Waals surface area (Å²) in [5.41, 5.74) is 3.10. The minimum Gasteiger partial charge on any atom is -0.507 e. The third-order valence-electron chi connectivity index (χ3n) is 12.1. The second-order valence-corrected chi connectivity index (χ2v) is 15.3. The molecule has 3 aliphatic carbocycles. The molecule has 2 saturated carbocycles. The maximum absolute atomic E-state index is 15.0. The Bertz CT molecular complexity index is 2010. The van der Waals surface area contributed by atoms with Crippen molar-refractivity contribution in [2.24, 2.45) is 40.2 Å². The Morgan fingerprint density at radius 2 is 1.44 bits per heavy atom. The molecule has 2 unspecified atom stereocenters. The molecular formula is C38H39NO11. The highest BCUT2D eigenvalue weighted by Gasteiger charge is 2.76. The molecular weight excluding hydrogens is 646 g/mol. The molecule has 3 aromatic rings. The number of phenols is 1. The third-order valence-corrected chi connectivity index (χ3v) is 12.1.